The lowest BCUT2D eigenvalue weighted by atomic mass is 9.86. The van der Waals surface area contributed by atoms with Crippen molar-refractivity contribution in [3.05, 3.63) is 11.1 Å². The van der Waals surface area contributed by atoms with Crippen molar-refractivity contribution in [3.8, 4) is 0 Å². The largest absolute Gasteiger partial charge is 0.356 e. The summed E-state index contributed by atoms with van der Waals surface area (Å²) in [7, 11) is 0. The van der Waals surface area contributed by atoms with E-state index in [0.29, 0.717) is 18.4 Å². The number of hydrogen-bond acceptors (Lipinski definition) is 5. The van der Waals surface area contributed by atoms with Gasteiger partial charge in [-0.25, -0.2) is 4.98 Å². The zero-order valence-electron chi connectivity index (χ0n) is 13.5. The Morgan fingerprint density at radius 2 is 2.04 bits per heavy atom. The van der Waals surface area contributed by atoms with E-state index in [2.05, 4.69) is 10.3 Å². The lowest BCUT2D eigenvalue weighted by Crippen LogP contribution is -2.51. The van der Waals surface area contributed by atoms with Gasteiger partial charge in [-0.15, -0.1) is 11.3 Å². The molecule has 3 N–H and O–H groups in total. The predicted molar refractivity (Wildman–Crippen MR) is 92.7 cm³/mol. The van der Waals surface area contributed by atoms with Crippen molar-refractivity contribution in [2.24, 2.45) is 5.73 Å². The van der Waals surface area contributed by atoms with Crippen LogP contribution in [0.3, 0.4) is 0 Å². The van der Waals surface area contributed by atoms with Crippen molar-refractivity contribution < 1.29 is 4.79 Å². The van der Waals surface area contributed by atoms with Crippen LogP contribution >= 0.6 is 11.3 Å². The van der Waals surface area contributed by atoms with Gasteiger partial charge in [-0.3, -0.25) is 4.79 Å². The summed E-state index contributed by atoms with van der Waals surface area (Å²) in [5.41, 5.74) is 5.85. The molecule has 2 heterocycles. The Kier molecular flexibility index (Phi) is 4.28. The van der Waals surface area contributed by atoms with E-state index >= 15 is 0 Å². The summed E-state index contributed by atoms with van der Waals surface area (Å²) in [6, 6.07) is 0.861. The van der Waals surface area contributed by atoms with Gasteiger partial charge in [0.1, 0.15) is 0 Å². The standard InChI is InChI=1S/C17H26N4OS/c18-12-6-14(7-12)21-10-13(8-16(21)22)20-17-19-9-15(23-17)11-4-2-1-3-5-11/h9,11-14H,1-8,10,18H2,(H,19,20). The van der Waals surface area contributed by atoms with E-state index in [4.69, 9.17) is 5.73 Å². The summed E-state index contributed by atoms with van der Waals surface area (Å²) < 4.78 is 0. The van der Waals surface area contributed by atoms with Crippen molar-refractivity contribution in [3.63, 3.8) is 0 Å². The van der Waals surface area contributed by atoms with Crippen molar-refractivity contribution in [1.82, 2.24) is 9.88 Å². The number of thiazole rings is 1. The first-order valence-corrected chi connectivity index (χ1v) is 9.78. The minimum Gasteiger partial charge on any atom is -0.356 e. The third-order valence-corrected chi connectivity index (χ3v) is 6.70. The molecule has 2 saturated carbocycles. The van der Waals surface area contributed by atoms with Crippen LogP contribution in [0, 0.1) is 0 Å². The summed E-state index contributed by atoms with van der Waals surface area (Å²) in [6.07, 6.45) is 11.2. The first-order chi connectivity index (χ1) is 11.2. The summed E-state index contributed by atoms with van der Waals surface area (Å²) in [4.78, 5) is 20.2. The van der Waals surface area contributed by atoms with Crippen LogP contribution in [-0.2, 0) is 4.79 Å². The number of aromatic nitrogens is 1. The molecular weight excluding hydrogens is 308 g/mol. The number of nitrogens with zero attached hydrogens (tertiary/aromatic N) is 2. The van der Waals surface area contributed by atoms with Gasteiger partial charge in [0.05, 0.1) is 6.04 Å². The molecule has 0 spiro atoms. The molecule has 1 saturated heterocycles. The Hall–Kier alpha value is -1.14. The molecule has 3 fully saturated rings. The number of carbonyl (C=O) groups excluding carboxylic acids is 1. The van der Waals surface area contributed by atoms with Crippen LogP contribution in [-0.4, -0.2) is 40.5 Å². The highest BCUT2D eigenvalue weighted by Crippen LogP contribution is 2.37. The topological polar surface area (TPSA) is 71.2 Å². The van der Waals surface area contributed by atoms with Gasteiger partial charge >= 0.3 is 0 Å². The number of nitrogens with one attached hydrogen (secondary N) is 1. The van der Waals surface area contributed by atoms with Gasteiger partial charge in [-0.2, -0.15) is 0 Å². The lowest BCUT2D eigenvalue weighted by molar-refractivity contribution is -0.131. The maximum absolute atomic E-state index is 12.2. The molecule has 1 aliphatic heterocycles. The Balaban J connectivity index is 1.34. The molecule has 1 atom stereocenters. The summed E-state index contributed by atoms with van der Waals surface area (Å²) in [6.45, 7) is 0.800. The molecule has 6 heteroatoms. The minimum atomic E-state index is 0.199. The SMILES string of the molecule is NC1CC(N2CC(Nc3ncc(C4CCCCC4)s3)CC2=O)C1. The van der Waals surface area contributed by atoms with E-state index in [0.717, 1.165) is 24.5 Å². The highest BCUT2D eigenvalue weighted by Gasteiger charge is 2.39. The lowest BCUT2D eigenvalue weighted by Gasteiger charge is -2.39. The van der Waals surface area contributed by atoms with Gasteiger partial charge in [-0.05, 0) is 31.6 Å². The Morgan fingerprint density at radius 3 is 2.78 bits per heavy atom. The maximum Gasteiger partial charge on any atom is 0.225 e. The van der Waals surface area contributed by atoms with E-state index in [-0.39, 0.29) is 18.0 Å². The first kappa shape index (κ1) is 15.4. The van der Waals surface area contributed by atoms with Crippen molar-refractivity contribution in [1.29, 1.82) is 0 Å². The van der Waals surface area contributed by atoms with Gasteiger partial charge in [0.25, 0.3) is 0 Å². The number of amides is 1. The fraction of sp³-hybridized carbons (Fsp3) is 0.765. The van der Waals surface area contributed by atoms with Crippen LogP contribution in [0.25, 0.3) is 0 Å². The van der Waals surface area contributed by atoms with Crippen LogP contribution < -0.4 is 11.1 Å². The molecule has 3 aliphatic rings. The molecule has 0 bridgehead atoms. The van der Waals surface area contributed by atoms with Gasteiger partial charge in [-0.1, -0.05) is 19.3 Å². The van der Waals surface area contributed by atoms with Crippen molar-refractivity contribution in [2.45, 2.75) is 75.4 Å². The van der Waals surface area contributed by atoms with Crippen LogP contribution in [0.1, 0.15) is 62.2 Å². The average molecular weight is 334 g/mol. The maximum atomic E-state index is 12.2. The molecule has 4 rings (SSSR count). The Labute approximate surface area is 141 Å². The third-order valence-electron chi connectivity index (χ3n) is 5.61. The zero-order chi connectivity index (χ0) is 15.8. The quantitative estimate of drug-likeness (QED) is 0.888. The molecule has 1 unspecified atom stereocenters. The van der Waals surface area contributed by atoms with Gasteiger partial charge < -0.3 is 16.0 Å². The molecule has 0 aromatic carbocycles. The molecule has 1 aromatic rings. The van der Waals surface area contributed by atoms with Crippen LogP contribution in [0.5, 0.6) is 0 Å². The van der Waals surface area contributed by atoms with Crippen LogP contribution in [0.2, 0.25) is 0 Å². The Bertz CT molecular complexity index is 563. The number of nitrogens with two attached hydrogens (primary N) is 1. The minimum absolute atomic E-state index is 0.199. The molecular formula is C17H26N4OS. The molecule has 1 amide bonds. The van der Waals surface area contributed by atoms with E-state index in [1.807, 2.05) is 11.1 Å². The monoisotopic (exact) mass is 334 g/mol. The number of hydrogen-bond donors (Lipinski definition) is 2. The van der Waals surface area contributed by atoms with E-state index in [9.17, 15) is 4.79 Å². The number of anilines is 1. The fourth-order valence-electron chi connectivity index (χ4n) is 4.17. The van der Waals surface area contributed by atoms with Gasteiger partial charge in [0.2, 0.25) is 5.91 Å². The molecule has 23 heavy (non-hydrogen) atoms. The number of rotatable bonds is 4. The second-order valence-corrected chi connectivity index (χ2v) is 8.44. The van der Waals surface area contributed by atoms with Crippen molar-refractivity contribution >= 4 is 22.4 Å². The number of likely N-dealkylation sites (tertiary alicyclic amines) is 1. The summed E-state index contributed by atoms with van der Waals surface area (Å²) >= 11 is 1.79. The third kappa shape index (κ3) is 3.24. The molecule has 126 valence electrons. The van der Waals surface area contributed by atoms with E-state index < -0.39 is 0 Å². The molecule has 2 aliphatic carbocycles. The predicted octanol–water partition coefficient (Wildman–Crippen LogP) is 2.69. The highest BCUT2D eigenvalue weighted by atomic mass is 32.1. The Morgan fingerprint density at radius 1 is 1.26 bits per heavy atom. The molecule has 0 radical (unpaired) electrons. The second kappa shape index (κ2) is 6.40. The number of carbonyl (C=O) groups is 1. The van der Waals surface area contributed by atoms with E-state index in [1.165, 1.54) is 37.0 Å². The van der Waals surface area contributed by atoms with Gasteiger partial charge in [0, 0.05) is 36.1 Å². The highest BCUT2D eigenvalue weighted by molar-refractivity contribution is 7.15. The zero-order valence-corrected chi connectivity index (χ0v) is 14.4. The van der Waals surface area contributed by atoms with Crippen LogP contribution in [0.15, 0.2) is 6.20 Å². The fourth-order valence-corrected chi connectivity index (χ4v) is 5.23. The summed E-state index contributed by atoms with van der Waals surface area (Å²) in [5, 5.41) is 4.47. The molecule has 5 nitrogen and oxygen atoms in total. The molecule has 1 aromatic heterocycles. The van der Waals surface area contributed by atoms with Crippen LogP contribution in [0.4, 0.5) is 5.13 Å². The smallest absolute Gasteiger partial charge is 0.225 e. The van der Waals surface area contributed by atoms with Crippen molar-refractivity contribution in [2.75, 3.05) is 11.9 Å². The van der Waals surface area contributed by atoms with E-state index in [1.54, 1.807) is 11.3 Å². The first-order valence-electron chi connectivity index (χ1n) is 8.96. The second-order valence-electron chi connectivity index (χ2n) is 7.38. The summed E-state index contributed by atoms with van der Waals surface area (Å²) in [5.74, 6) is 0.971. The average Bonchev–Trinajstić information content (AvgIpc) is 3.12. The normalized spacial score (nSPS) is 32.1. The van der Waals surface area contributed by atoms with Gasteiger partial charge in [0.15, 0.2) is 5.13 Å².